The smallest absolute Gasteiger partial charge is 0.230 e. The van der Waals surface area contributed by atoms with E-state index in [1.54, 1.807) is 0 Å². The minimum absolute atomic E-state index is 0.0894. The third-order valence-electron chi connectivity index (χ3n) is 6.51. The lowest BCUT2D eigenvalue weighted by Gasteiger charge is -2.46. The molecule has 26 heavy (non-hydrogen) atoms. The first-order chi connectivity index (χ1) is 12.4. The molecule has 2 unspecified atom stereocenters. The average Bonchev–Trinajstić information content (AvgIpc) is 2.62. The molecular weight excluding hydrogens is 328 g/mol. The van der Waals surface area contributed by atoms with Crippen LogP contribution < -0.4 is 20.5 Å². The molecule has 1 amide bonds. The van der Waals surface area contributed by atoms with E-state index in [0.717, 1.165) is 29.9 Å². The highest BCUT2D eigenvalue weighted by atomic mass is 16.6. The Hall–Kier alpha value is -1.75. The monoisotopic (exact) mass is 358 g/mol. The normalized spacial score (nSPS) is 30.6. The molecule has 1 aromatic rings. The van der Waals surface area contributed by atoms with Crippen LogP contribution in [0.25, 0.3) is 0 Å². The van der Waals surface area contributed by atoms with Crippen molar-refractivity contribution in [2.75, 3.05) is 13.2 Å². The first kappa shape index (κ1) is 17.7. The van der Waals surface area contributed by atoms with Gasteiger partial charge in [-0.15, -0.1) is 0 Å². The summed E-state index contributed by atoms with van der Waals surface area (Å²) in [5.74, 6) is 2.63. The van der Waals surface area contributed by atoms with Crippen LogP contribution in [-0.2, 0) is 10.2 Å². The van der Waals surface area contributed by atoms with Crippen LogP contribution in [0.5, 0.6) is 11.5 Å². The Bertz CT molecular complexity index is 674. The fraction of sp³-hybridized carbons (Fsp3) is 0.667. The van der Waals surface area contributed by atoms with Crippen LogP contribution in [0.1, 0.15) is 51.5 Å². The molecule has 142 valence electrons. The quantitative estimate of drug-likeness (QED) is 0.871. The van der Waals surface area contributed by atoms with Gasteiger partial charge in [0.1, 0.15) is 13.2 Å². The van der Waals surface area contributed by atoms with E-state index in [9.17, 15) is 4.79 Å². The summed E-state index contributed by atoms with van der Waals surface area (Å²) in [6, 6.07) is 6.40. The minimum atomic E-state index is -0.621. The third-order valence-corrected chi connectivity index (χ3v) is 6.51. The molecule has 1 heterocycles. The number of carbonyl (C=O) groups is 1. The maximum Gasteiger partial charge on any atom is 0.230 e. The van der Waals surface area contributed by atoms with E-state index in [0.29, 0.717) is 31.1 Å². The summed E-state index contributed by atoms with van der Waals surface area (Å²) in [5.41, 5.74) is 6.56. The molecule has 3 N–H and O–H groups in total. The molecule has 0 radical (unpaired) electrons. The van der Waals surface area contributed by atoms with Crippen molar-refractivity contribution in [3.05, 3.63) is 23.8 Å². The number of fused-ring (bicyclic) bond motifs is 3. The van der Waals surface area contributed by atoms with Gasteiger partial charge in [0, 0.05) is 12.1 Å². The van der Waals surface area contributed by atoms with Gasteiger partial charge in [0.2, 0.25) is 5.91 Å². The zero-order valence-corrected chi connectivity index (χ0v) is 15.8. The maximum absolute atomic E-state index is 13.2. The van der Waals surface area contributed by atoms with E-state index in [1.165, 1.54) is 19.3 Å². The predicted octanol–water partition coefficient (Wildman–Crippen LogP) is 2.76. The highest BCUT2D eigenvalue weighted by molar-refractivity contribution is 5.87. The molecule has 0 spiro atoms. The summed E-state index contributed by atoms with van der Waals surface area (Å²) < 4.78 is 11.3. The summed E-state index contributed by atoms with van der Waals surface area (Å²) in [6.07, 6.45) is 5.69. The van der Waals surface area contributed by atoms with Gasteiger partial charge < -0.3 is 20.5 Å². The highest BCUT2D eigenvalue weighted by Gasteiger charge is 2.42. The van der Waals surface area contributed by atoms with Crippen molar-refractivity contribution in [2.45, 2.75) is 63.5 Å². The molecule has 5 heteroatoms. The number of hydrogen-bond acceptors (Lipinski definition) is 4. The second-order valence-corrected chi connectivity index (χ2v) is 8.67. The Morgan fingerprint density at radius 2 is 1.77 bits per heavy atom. The molecule has 3 aliphatic rings. The summed E-state index contributed by atoms with van der Waals surface area (Å²) in [7, 11) is 0. The number of benzene rings is 1. The standard InChI is InChI=1S/C21H30N2O3/c1-21(2,15-6-7-17-18(12-15)26-9-8-25-17)20(24)23-19-13-4-3-5-14(19)11-16(22)10-13/h6-7,12-14,16,19H,3-5,8-11,22H2,1-2H3,(H,23,24). The molecule has 2 atom stereocenters. The average molecular weight is 358 g/mol. The number of nitrogens with one attached hydrogen (secondary N) is 1. The molecule has 2 fully saturated rings. The summed E-state index contributed by atoms with van der Waals surface area (Å²) in [5, 5.41) is 3.39. The van der Waals surface area contributed by atoms with E-state index < -0.39 is 5.41 Å². The van der Waals surface area contributed by atoms with Crippen molar-refractivity contribution >= 4 is 5.91 Å². The van der Waals surface area contributed by atoms with Crippen molar-refractivity contribution in [3.8, 4) is 11.5 Å². The minimum Gasteiger partial charge on any atom is -0.486 e. The second kappa shape index (κ2) is 6.76. The van der Waals surface area contributed by atoms with Crippen molar-refractivity contribution < 1.29 is 14.3 Å². The fourth-order valence-corrected chi connectivity index (χ4v) is 4.92. The molecule has 2 aliphatic carbocycles. The van der Waals surface area contributed by atoms with Crippen LogP contribution in [-0.4, -0.2) is 31.2 Å². The Morgan fingerprint density at radius 3 is 2.46 bits per heavy atom. The Kier molecular flexibility index (Phi) is 4.59. The molecule has 5 nitrogen and oxygen atoms in total. The number of carbonyl (C=O) groups excluding carboxylic acids is 1. The van der Waals surface area contributed by atoms with Crippen LogP contribution in [0.3, 0.4) is 0 Å². The molecule has 2 bridgehead atoms. The van der Waals surface area contributed by atoms with E-state index in [4.69, 9.17) is 15.2 Å². The van der Waals surface area contributed by atoms with Gasteiger partial charge in [-0.3, -0.25) is 4.79 Å². The number of hydrogen-bond donors (Lipinski definition) is 2. The van der Waals surface area contributed by atoms with Gasteiger partial charge in [-0.1, -0.05) is 12.5 Å². The van der Waals surface area contributed by atoms with Gasteiger partial charge in [0.05, 0.1) is 5.41 Å². The zero-order chi connectivity index (χ0) is 18.3. The van der Waals surface area contributed by atoms with Crippen LogP contribution in [0, 0.1) is 11.8 Å². The van der Waals surface area contributed by atoms with Crippen LogP contribution in [0.4, 0.5) is 0 Å². The number of amides is 1. The summed E-state index contributed by atoms with van der Waals surface area (Å²) >= 11 is 0. The van der Waals surface area contributed by atoms with Crippen LogP contribution in [0.2, 0.25) is 0 Å². The number of ether oxygens (including phenoxy) is 2. The van der Waals surface area contributed by atoms with Gasteiger partial charge in [0.25, 0.3) is 0 Å². The molecule has 1 aromatic carbocycles. The third kappa shape index (κ3) is 3.18. The lowest BCUT2D eigenvalue weighted by Crippen LogP contribution is -2.56. The molecule has 2 saturated carbocycles. The van der Waals surface area contributed by atoms with E-state index >= 15 is 0 Å². The van der Waals surface area contributed by atoms with Crippen LogP contribution in [0.15, 0.2) is 18.2 Å². The van der Waals surface area contributed by atoms with Crippen LogP contribution >= 0.6 is 0 Å². The second-order valence-electron chi connectivity index (χ2n) is 8.67. The Balaban J connectivity index is 1.51. The topological polar surface area (TPSA) is 73.6 Å². The van der Waals surface area contributed by atoms with Gasteiger partial charge in [-0.05, 0) is 69.1 Å². The van der Waals surface area contributed by atoms with Crippen molar-refractivity contribution in [1.29, 1.82) is 0 Å². The first-order valence-corrected chi connectivity index (χ1v) is 9.92. The predicted molar refractivity (Wildman–Crippen MR) is 100 cm³/mol. The Morgan fingerprint density at radius 1 is 1.12 bits per heavy atom. The van der Waals surface area contributed by atoms with Crippen molar-refractivity contribution in [2.24, 2.45) is 17.6 Å². The maximum atomic E-state index is 13.2. The first-order valence-electron chi connectivity index (χ1n) is 9.92. The molecular formula is C21H30N2O3. The molecule has 1 aliphatic heterocycles. The molecule has 0 aromatic heterocycles. The summed E-state index contributed by atoms with van der Waals surface area (Å²) in [6.45, 7) is 5.09. The SMILES string of the molecule is CC(C)(C(=O)NC1C2CCCC1CC(N)C2)c1ccc2c(c1)OCCO2. The van der Waals surface area contributed by atoms with E-state index in [2.05, 4.69) is 5.32 Å². The van der Waals surface area contributed by atoms with Gasteiger partial charge in [-0.25, -0.2) is 0 Å². The fourth-order valence-electron chi connectivity index (χ4n) is 4.92. The summed E-state index contributed by atoms with van der Waals surface area (Å²) in [4.78, 5) is 13.2. The van der Waals surface area contributed by atoms with E-state index in [-0.39, 0.29) is 11.9 Å². The van der Waals surface area contributed by atoms with Crippen molar-refractivity contribution in [3.63, 3.8) is 0 Å². The Labute approximate surface area is 155 Å². The number of rotatable bonds is 3. The highest BCUT2D eigenvalue weighted by Crippen LogP contribution is 2.41. The number of nitrogens with two attached hydrogens (primary N) is 1. The van der Waals surface area contributed by atoms with Gasteiger partial charge in [0.15, 0.2) is 11.5 Å². The zero-order valence-electron chi connectivity index (χ0n) is 15.8. The van der Waals surface area contributed by atoms with Gasteiger partial charge in [-0.2, -0.15) is 0 Å². The van der Waals surface area contributed by atoms with Crippen molar-refractivity contribution in [1.82, 2.24) is 5.32 Å². The largest absolute Gasteiger partial charge is 0.486 e. The van der Waals surface area contributed by atoms with Gasteiger partial charge >= 0.3 is 0 Å². The lowest BCUT2D eigenvalue weighted by molar-refractivity contribution is -0.128. The van der Waals surface area contributed by atoms with E-state index in [1.807, 2.05) is 32.0 Å². The molecule has 4 rings (SSSR count). The molecule has 0 saturated heterocycles. The lowest BCUT2D eigenvalue weighted by atomic mass is 9.66.